The van der Waals surface area contributed by atoms with Crippen LogP contribution in [0.5, 0.6) is 11.5 Å². The molecule has 0 radical (unpaired) electrons. The number of carbonyl (C=O) groups excluding carboxylic acids is 1. The monoisotopic (exact) mass is 447 g/mol. The molecule has 2 aromatic rings. The molecule has 0 bridgehead atoms. The van der Waals surface area contributed by atoms with Crippen LogP contribution in [0.2, 0.25) is 0 Å². The highest BCUT2D eigenvalue weighted by atomic mass is 32.2. The molecular formula is C21H21NO8S. The number of nitro groups is 1. The lowest BCUT2D eigenvalue weighted by Gasteiger charge is -2.27. The molecule has 0 aliphatic carbocycles. The molecule has 0 spiro atoms. The van der Waals surface area contributed by atoms with Crippen LogP contribution < -0.4 is 9.47 Å². The molecule has 10 heteroatoms. The van der Waals surface area contributed by atoms with Crippen LogP contribution in [-0.2, 0) is 19.1 Å². The third-order valence-electron chi connectivity index (χ3n) is 4.55. The van der Waals surface area contributed by atoms with Crippen molar-refractivity contribution in [3.63, 3.8) is 0 Å². The molecule has 0 amide bonds. The topological polar surface area (TPSA) is 122 Å². The summed E-state index contributed by atoms with van der Waals surface area (Å²) in [5.41, 5.74) is 0.704. The van der Waals surface area contributed by atoms with Gasteiger partial charge in [-0.3, -0.25) is 19.1 Å². The van der Waals surface area contributed by atoms with E-state index in [0.717, 1.165) is 5.56 Å². The van der Waals surface area contributed by atoms with E-state index in [1.54, 1.807) is 19.1 Å². The van der Waals surface area contributed by atoms with E-state index in [2.05, 4.69) is 0 Å². The second-order valence-electron chi connectivity index (χ2n) is 6.84. The molecular weight excluding hydrogens is 426 g/mol. The van der Waals surface area contributed by atoms with Crippen molar-refractivity contribution < 1.29 is 31.8 Å². The minimum Gasteiger partial charge on any atom is -0.486 e. The third kappa shape index (κ3) is 5.28. The number of fused-ring (bicyclic) bond motifs is 1. The number of hydrogen-bond acceptors (Lipinski definition) is 8. The van der Waals surface area contributed by atoms with Crippen LogP contribution in [0.25, 0.3) is 6.08 Å². The fourth-order valence-electron chi connectivity index (χ4n) is 2.82. The molecule has 0 saturated heterocycles. The SMILES string of the molecule is CCC(=O)C=Cc1c([N+](=O)[O-])ccc2c1OC(COS(=O)(=O)c1ccc(C)cc1)CO2. The highest BCUT2D eigenvalue weighted by molar-refractivity contribution is 7.86. The summed E-state index contributed by atoms with van der Waals surface area (Å²) in [4.78, 5) is 22.5. The zero-order valence-electron chi connectivity index (χ0n) is 16.9. The number of ketones is 1. The Labute approximate surface area is 179 Å². The molecule has 164 valence electrons. The van der Waals surface area contributed by atoms with Gasteiger partial charge in [0.05, 0.1) is 15.4 Å². The van der Waals surface area contributed by atoms with Crippen molar-refractivity contribution in [2.45, 2.75) is 31.3 Å². The number of carbonyl (C=O) groups is 1. The van der Waals surface area contributed by atoms with E-state index >= 15 is 0 Å². The second kappa shape index (κ2) is 9.27. The first-order valence-electron chi connectivity index (χ1n) is 9.49. The van der Waals surface area contributed by atoms with Crippen LogP contribution >= 0.6 is 0 Å². The van der Waals surface area contributed by atoms with Gasteiger partial charge in [-0.1, -0.05) is 24.6 Å². The molecule has 9 nitrogen and oxygen atoms in total. The van der Waals surface area contributed by atoms with Crippen molar-refractivity contribution in [1.29, 1.82) is 0 Å². The lowest BCUT2D eigenvalue weighted by molar-refractivity contribution is -0.385. The molecule has 0 aromatic heterocycles. The summed E-state index contributed by atoms with van der Waals surface area (Å²) in [7, 11) is -4.01. The van der Waals surface area contributed by atoms with Gasteiger partial charge in [-0.05, 0) is 37.3 Å². The summed E-state index contributed by atoms with van der Waals surface area (Å²) in [6.07, 6.45) is 1.94. The van der Waals surface area contributed by atoms with Crippen molar-refractivity contribution in [2.75, 3.05) is 13.2 Å². The Morgan fingerprint density at radius 2 is 1.97 bits per heavy atom. The van der Waals surface area contributed by atoms with Crippen LogP contribution in [0.3, 0.4) is 0 Å². The highest BCUT2D eigenvalue weighted by Crippen LogP contribution is 2.41. The van der Waals surface area contributed by atoms with Gasteiger partial charge in [0, 0.05) is 12.5 Å². The summed E-state index contributed by atoms with van der Waals surface area (Å²) < 4.78 is 41.3. The Hall–Kier alpha value is -3.24. The maximum atomic E-state index is 12.4. The van der Waals surface area contributed by atoms with E-state index in [0.29, 0.717) is 0 Å². The fourth-order valence-corrected chi connectivity index (χ4v) is 3.76. The molecule has 3 rings (SSSR count). The molecule has 0 N–H and O–H groups in total. The summed E-state index contributed by atoms with van der Waals surface area (Å²) in [5, 5.41) is 11.4. The van der Waals surface area contributed by atoms with Gasteiger partial charge in [0.1, 0.15) is 13.2 Å². The highest BCUT2D eigenvalue weighted by Gasteiger charge is 2.30. The van der Waals surface area contributed by atoms with Gasteiger partial charge in [0.2, 0.25) is 0 Å². The van der Waals surface area contributed by atoms with Crippen molar-refractivity contribution in [3.8, 4) is 11.5 Å². The minimum absolute atomic E-state index is 0.00701. The predicted molar refractivity (Wildman–Crippen MR) is 112 cm³/mol. The van der Waals surface area contributed by atoms with E-state index in [4.69, 9.17) is 13.7 Å². The Kier molecular flexibility index (Phi) is 6.71. The average molecular weight is 447 g/mol. The van der Waals surface area contributed by atoms with E-state index in [1.165, 1.54) is 36.4 Å². The van der Waals surface area contributed by atoms with E-state index in [-0.39, 0.29) is 53.1 Å². The first kappa shape index (κ1) is 22.4. The molecule has 0 saturated carbocycles. The number of nitro benzene ring substituents is 1. The van der Waals surface area contributed by atoms with Gasteiger partial charge in [0.25, 0.3) is 15.8 Å². The Bertz CT molecular complexity index is 1120. The lowest BCUT2D eigenvalue weighted by Crippen LogP contribution is -2.34. The van der Waals surface area contributed by atoms with Crippen LogP contribution in [0, 0.1) is 17.0 Å². The quantitative estimate of drug-likeness (QED) is 0.261. The van der Waals surface area contributed by atoms with Gasteiger partial charge >= 0.3 is 0 Å². The first-order valence-corrected chi connectivity index (χ1v) is 10.9. The molecule has 1 heterocycles. The Morgan fingerprint density at radius 1 is 1.26 bits per heavy atom. The minimum atomic E-state index is -4.01. The summed E-state index contributed by atoms with van der Waals surface area (Å²) in [6.45, 7) is 3.14. The van der Waals surface area contributed by atoms with Gasteiger partial charge in [0.15, 0.2) is 23.4 Å². The average Bonchev–Trinajstić information content (AvgIpc) is 2.75. The van der Waals surface area contributed by atoms with Gasteiger partial charge in [-0.25, -0.2) is 0 Å². The van der Waals surface area contributed by atoms with Crippen LogP contribution in [0.15, 0.2) is 47.4 Å². The van der Waals surface area contributed by atoms with Crippen LogP contribution in [0.1, 0.15) is 24.5 Å². The van der Waals surface area contributed by atoms with Crippen LogP contribution in [0.4, 0.5) is 5.69 Å². The maximum absolute atomic E-state index is 12.4. The molecule has 1 aliphatic rings. The number of ether oxygens (including phenoxy) is 2. The van der Waals surface area contributed by atoms with Crippen molar-refractivity contribution >= 4 is 27.7 Å². The zero-order chi connectivity index (χ0) is 22.6. The number of rotatable bonds is 8. The Morgan fingerprint density at radius 3 is 2.61 bits per heavy atom. The molecule has 0 fully saturated rings. The smallest absolute Gasteiger partial charge is 0.297 e. The van der Waals surface area contributed by atoms with E-state index in [1.807, 2.05) is 6.92 Å². The summed E-state index contributed by atoms with van der Waals surface area (Å²) in [5.74, 6) is 0.0986. The first-order chi connectivity index (χ1) is 14.7. The molecule has 1 atom stereocenters. The molecule has 31 heavy (non-hydrogen) atoms. The third-order valence-corrected chi connectivity index (χ3v) is 5.84. The standard InChI is InChI=1S/C21H21NO8S/c1-3-15(23)6-9-18-19(22(24)25)10-11-20-21(18)30-16(12-28-20)13-29-31(26,27)17-7-4-14(2)5-8-17/h4-11,16H,3,12-13H2,1-2H3. The molecule has 1 aliphatic heterocycles. The zero-order valence-corrected chi connectivity index (χ0v) is 17.8. The van der Waals surface area contributed by atoms with Crippen molar-refractivity contribution in [1.82, 2.24) is 0 Å². The largest absolute Gasteiger partial charge is 0.486 e. The number of nitrogens with zero attached hydrogens (tertiary/aromatic N) is 1. The van der Waals surface area contributed by atoms with Crippen molar-refractivity contribution in [3.05, 3.63) is 63.7 Å². The number of benzene rings is 2. The summed E-state index contributed by atoms with van der Waals surface area (Å²) >= 11 is 0. The van der Waals surface area contributed by atoms with Gasteiger partial charge < -0.3 is 9.47 Å². The lowest BCUT2D eigenvalue weighted by atomic mass is 10.1. The maximum Gasteiger partial charge on any atom is 0.297 e. The van der Waals surface area contributed by atoms with Crippen molar-refractivity contribution in [2.24, 2.45) is 0 Å². The predicted octanol–water partition coefficient (Wildman–Crippen LogP) is 3.44. The summed E-state index contributed by atoms with van der Waals surface area (Å²) in [6, 6.07) is 8.85. The van der Waals surface area contributed by atoms with Gasteiger partial charge in [-0.15, -0.1) is 0 Å². The number of aryl methyl sites for hydroxylation is 1. The van der Waals surface area contributed by atoms with E-state index in [9.17, 15) is 23.3 Å². The van der Waals surface area contributed by atoms with Crippen LogP contribution in [-0.4, -0.2) is 38.4 Å². The van der Waals surface area contributed by atoms with Gasteiger partial charge in [-0.2, -0.15) is 8.42 Å². The number of hydrogen-bond donors (Lipinski definition) is 0. The molecule has 1 unspecified atom stereocenters. The second-order valence-corrected chi connectivity index (χ2v) is 8.45. The normalized spacial score (nSPS) is 15.7. The fraction of sp³-hybridized carbons (Fsp3) is 0.286. The molecule has 2 aromatic carbocycles. The van der Waals surface area contributed by atoms with E-state index < -0.39 is 21.1 Å². The Balaban J connectivity index is 1.82. The number of allylic oxidation sites excluding steroid dienone is 1.